The summed E-state index contributed by atoms with van der Waals surface area (Å²) >= 11 is 0. The van der Waals surface area contributed by atoms with E-state index in [4.69, 9.17) is 0 Å². The summed E-state index contributed by atoms with van der Waals surface area (Å²) in [5, 5.41) is 7.78. The average Bonchev–Trinajstić information content (AvgIpc) is 2.97. The minimum atomic E-state index is 0.0900. The van der Waals surface area contributed by atoms with Gasteiger partial charge in [-0.2, -0.15) is 5.10 Å². The van der Waals surface area contributed by atoms with E-state index < -0.39 is 0 Å². The number of aromatic amines is 2. The van der Waals surface area contributed by atoms with Crippen molar-refractivity contribution in [1.82, 2.24) is 25.1 Å². The second kappa shape index (κ2) is 5.65. The van der Waals surface area contributed by atoms with Gasteiger partial charge < -0.3 is 9.88 Å². The number of hydrogen-bond acceptors (Lipinski definition) is 4. The van der Waals surface area contributed by atoms with Crippen molar-refractivity contribution in [2.75, 3.05) is 11.9 Å². The van der Waals surface area contributed by atoms with Crippen molar-refractivity contribution < 1.29 is 4.79 Å². The number of amides is 1. The van der Waals surface area contributed by atoms with Crippen LogP contribution < -0.4 is 4.90 Å². The average molecular weight is 364 g/mol. The summed E-state index contributed by atoms with van der Waals surface area (Å²) < 4.78 is 0. The van der Waals surface area contributed by atoms with Crippen LogP contribution in [-0.4, -0.2) is 38.1 Å². The van der Waals surface area contributed by atoms with Crippen molar-refractivity contribution in [1.29, 1.82) is 0 Å². The van der Waals surface area contributed by atoms with E-state index in [0.29, 0.717) is 17.5 Å². The first-order chi connectivity index (χ1) is 13.0. The van der Waals surface area contributed by atoms with E-state index in [-0.39, 0.29) is 5.91 Å². The number of pyridine rings is 1. The van der Waals surface area contributed by atoms with Gasteiger partial charge >= 0.3 is 0 Å². The third-order valence-electron chi connectivity index (χ3n) is 6.29. The Morgan fingerprint density at radius 2 is 2.30 bits per heavy atom. The molecule has 2 N–H and O–H groups in total. The van der Waals surface area contributed by atoms with Crippen LogP contribution >= 0.6 is 0 Å². The number of imidazole rings is 1. The summed E-state index contributed by atoms with van der Waals surface area (Å²) in [6.07, 6.45) is 6.52. The van der Waals surface area contributed by atoms with Crippen LogP contribution in [0.5, 0.6) is 0 Å². The SMILES string of the molecule is CCCC(=O)N(C)c1cnc2nc(-c3n[nH]c4c3C[C@@H]3C[C@]3(C)C4)[nH]c2c1. The summed E-state index contributed by atoms with van der Waals surface area (Å²) in [5.74, 6) is 1.61. The Bertz CT molecular complexity index is 1050. The quantitative estimate of drug-likeness (QED) is 0.743. The van der Waals surface area contributed by atoms with Gasteiger partial charge in [0.15, 0.2) is 11.5 Å². The fraction of sp³-hybridized carbons (Fsp3) is 0.500. The van der Waals surface area contributed by atoms with Gasteiger partial charge in [-0.25, -0.2) is 9.97 Å². The molecule has 140 valence electrons. The fourth-order valence-corrected chi connectivity index (χ4v) is 4.36. The van der Waals surface area contributed by atoms with Gasteiger partial charge in [-0.15, -0.1) is 0 Å². The highest BCUT2D eigenvalue weighted by Gasteiger charge is 2.53. The number of hydrogen-bond donors (Lipinski definition) is 2. The Morgan fingerprint density at radius 3 is 3.11 bits per heavy atom. The zero-order valence-electron chi connectivity index (χ0n) is 16.0. The first-order valence-corrected chi connectivity index (χ1v) is 9.67. The lowest BCUT2D eigenvalue weighted by Crippen LogP contribution is -2.25. The highest BCUT2D eigenvalue weighted by molar-refractivity contribution is 5.94. The van der Waals surface area contributed by atoms with E-state index >= 15 is 0 Å². The molecule has 2 aliphatic carbocycles. The highest BCUT2D eigenvalue weighted by Crippen LogP contribution is 2.59. The van der Waals surface area contributed by atoms with E-state index in [1.165, 1.54) is 17.7 Å². The Morgan fingerprint density at radius 1 is 1.44 bits per heavy atom. The molecule has 0 aliphatic heterocycles. The summed E-state index contributed by atoms with van der Waals surface area (Å²) in [6.45, 7) is 4.37. The van der Waals surface area contributed by atoms with Crippen LogP contribution in [0.4, 0.5) is 5.69 Å². The predicted octanol–water partition coefficient (Wildman–Crippen LogP) is 3.24. The first-order valence-electron chi connectivity index (χ1n) is 9.67. The standard InChI is InChI=1S/C20H24N6O/c1-4-5-16(27)26(3)12-7-14-18(21-10-12)23-19(22-14)17-13-6-11-8-20(11,2)9-15(13)24-25-17/h7,10-11H,4-6,8-9H2,1-3H3,(H,24,25)(H,21,22,23)/t11-,20-/m1/s1. The van der Waals surface area contributed by atoms with Crippen LogP contribution in [0.3, 0.4) is 0 Å². The van der Waals surface area contributed by atoms with Gasteiger partial charge in [-0.1, -0.05) is 13.8 Å². The van der Waals surface area contributed by atoms with Crippen molar-refractivity contribution in [3.8, 4) is 11.5 Å². The van der Waals surface area contributed by atoms with E-state index in [2.05, 4.69) is 32.1 Å². The fourth-order valence-electron chi connectivity index (χ4n) is 4.36. The molecule has 27 heavy (non-hydrogen) atoms. The topological polar surface area (TPSA) is 90.6 Å². The van der Waals surface area contributed by atoms with Crippen LogP contribution in [0.25, 0.3) is 22.7 Å². The van der Waals surface area contributed by atoms with Crippen molar-refractivity contribution in [3.63, 3.8) is 0 Å². The van der Waals surface area contributed by atoms with Crippen LogP contribution in [0.1, 0.15) is 44.4 Å². The van der Waals surface area contributed by atoms with Gasteiger partial charge in [-0.05, 0) is 43.1 Å². The lowest BCUT2D eigenvalue weighted by molar-refractivity contribution is -0.118. The minimum Gasteiger partial charge on any atom is -0.335 e. The summed E-state index contributed by atoms with van der Waals surface area (Å²) in [6, 6.07) is 1.93. The maximum Gasteiger partial charge on any atom is 0.226 e. The third-order valence-corrected chi connectivity index (χ3v) is 6.29. The molecule has 7 nitrogen and oxygen atoms in total. The number of rotatable bonds is 4. The molecular formula is C20H24N6O. The Balaban J connectivity index is 1.49. The van der Waals surface area contributed by atoms with Crippen LogP contribution in [-0.2, 0) is 17.6 Å². The maximum absolute atomic E-state index is 12.2. The predicted molar refractivity (Wildman–Crippen MR) is 103 cm³/mol. The minimum absolute atomic E-state index is 0.0900. The normalized spacial score (nSPS) is 23.1. The van der Waals surface area contributed by atoms with Crippen LogP contribution in [0, 0.1) is 11.3 Å². The molecule has 2 aliphatic rings. The van der Waals surface area contributed by atoms with Crippen molar-refractivity contribution in [2.45, 2.75) is 46.0 Å². The number of nitrogens with one attached hydrogen (secondary N) is 2. The number of nitrogens with zero attached hydrogens (tertiary/aromatic N) is 4. The second-order valence-electron chi connectivity index (χ2n) is 8.32. The largest absolute Gasteiger partial charge is 0.335 e. The summed E-state index contributed by atoms with van der Waals surface area (Å²) in [4.78, 5) is 26.3. The van der Waals surface area contributed by atoms with Crippen molar-refractivity contribution in [3.05, 3.63) is 23.5 Å². The van der Waals surface area contributed by atoms with E-state index in [1.807, 2.05) is 13.0 Å². The Hall–Kier alpha value is -2.70. The second-order valence-corrected chi connectivity index (χ2v) is 8.32. The summed E-state index contributed by atoms with van der Waals surface area (Å²) in [7, 11) is 1.79. The highest BCUT2D eigenvalue weighted by atomic mass is 16.2. The van der Waals surface area contributed by atoms with Crippen molar-refractivity contribution >= 4 is 22.8 Å². The Labute approximate surface area is 157 Å². The monoisotopic (exact) mass is 364 g/mol. The molecule has 7 heteroatoms. The number of H-pyrrole nitrogens is 2. The molecule has 5 rings (SSSR count). The van der Waals surface area contributed by atoms with Crippen molar-refractivity contribution in [2.24, 2.45) is 11.3 Å². The van der Waals surface area contributed by atoms with Crippen LogP contribution in [0.2, 0.25) is 0 Å². The van der Waals surface area contributed by atoms with Gasteiger partial charge in [0.05, 0.1) is 17.4 Å². The van der Waals surface area contributed by atoms with E-state index in [1.54, 1.807) is 18.1 Å². The number of carbonyl (C=O) groups excluding carboxylic acids is 1. The molecule has 1 fully saturated rings. The molecule has 0 radical (unpaired) electrons. The number of aromatic nitrogens is 5. The zero-order chi connectivity index (χ0) is 18.8. The zero-order valence-corrected chi connectivity index (χ0v) is 16.0. The van der Waals surface area contributed by atoms with Gasteiger partial charge in [0.2, 0.25) is 5.91 Å². The third kappa shape index (κ3) is 2.56. The van der Waals surface area contributed by atoms with E-state index in [9.17, 15) is 4.79 Å². The molecule has 1 amide bonds. The van der Waals surface area contributed by atoms with Crippen LogP contribution in [0.15, 0.2) is 12.3 Å². The van der Waals surface area contributed by atoms with Gasteiger partial charge in [0.1, 0.15) is 5.69 Å². The molecule has 1 saturated carbocycles. The lowest BCUT2D eigenvalue weighted by Gasteiger charge is -2.17. The molecule has 3 heterocycles. The lowest BCUT2D eigenvalue weighted by atomic mass is 9.88. The molecule has 0 saturated heterocycles. The smallest absolute Gasteiger partial charge is 0.226 e. The maximum atomic E-state index is 12.2. The molecule has 2 atom stereocenters. The summed E-state index contributed by atoms with van der Waals surface area (Å²) in [5.41, 5.74) is 6.17. The Kier molecular flexibility index (Phi) is 3.44. The first kappa shape index (κ1) is 16.5. The van der Waals surface area contributed by atoms with Gasteiger partial charge in [0.25, 0.3) is 0 Å². The molecule has 0 spiro atoms. The molecular weight excluding hydrogens is 340 g/mol. The molecule has 0 bridgehead atoms. The van der Waals surface area contributed by atoms with Gasteiger partial charge in [0, 0.05) is 24.7 Å². The molecule has 3 aromatic rings. The molecule has 3 aromatic heterocycles. The number of fused-ring (bicyclic) bond motifs is 3. The molecule has 0 unspecified atom stereocenters. The van der Waals surface area contributed by atoms with E-state index in [0.717, 1.165) is 47.9 Å². The molecule has 0 aromatic carbocycles. The van der Waals surface area contributed by atoms with Gasteiger partial charge in [-0.3, -0.25) is 9.89 Å². The number of carbonyl (C=O) groups is 1. The number of anilines is 1.